The van der Waals surface area contributed by atoms with E-state index in [1.807, 2.05) is 18.2 Å². The molecule has 21 heavy (non-hydrogen) atoms. The number of rotatable bonds is 6. The van der Waals surface area contributed by atoms with Gasteiger partial charge < -0.3 is 4.74 Å². The van der Waals surface area contributed by atoms with Gasteiger partial charge in [0.05, 0.1) is 10.7 Å². The molecule has 0 aliphatic heterocycles. The first-order chi connectivity index (χ1) is 9.96. The number of para-hydroxylation sites is 1. The molecular weight excluding hydrogens is 333 g/mol. The molecule has 0 saturated heterocycles. The van der Waals surface area contributed by atoms with Gasteiger partial charge in [-0.15, -0.1) is 0 Å². The number of hydrogen-bond donors (Lipinski definition) is 1. The molecule has 2 aromatic rings. The molecule has 7 heteroatoms. The first kappa shape index (κ1) is 15.9. The first-order valence-corrected chi connectivity index (χ1v) is 8.50. The number of ether oxygens (including phenoxy) is 1. The highest BCUT2D eigenvalue weighted by Gasteiger charge is 2.13. The Hall–Kier alpha value is -1.43. The lowest BCUT2D eigenvalue weighted by atomic mass is 10.3. The van der Waals surface area contributed by atoms with E-state index in [0.717, 1.165) is 0 Å². The van der Waals surface area contributed by atoms with Crippen LogP contribution in [0.2, 0.25) is 10.0 Å². The van der Waals surface area contributed by atoms with Crippen LogP contribution in [0.25, 0.3) is 0 Å². The molecule has 2 aromatic carbocycles. The van der Waals surface area contributed by atoms with Gasteiger partial charge in [-0.2, -0.15) is 0 Å². The van der Waals surface area contributed by atoms with E-state index in [1.54, 1.807) is 18.2 Å². The van der Waals surface area contributed by atoms with Crippen molar-refractivity contribution in [1.29, 1.82) is 0 Å². The topological polar surface area (TPSA) is 55.4 Å². The van der Waals surface area contributed by atoms with Crippen LogP contribution in [0, 0.1) is 0 Å². The minimum Gasteiger partial charge on any atom is -0.492 e. The fourth-order valence-electron chi connectivity index (χ4n) is 1.58. The smallest absolute Gasteiger partial charge is 0.236 e. The third kappa shape index (κ3) is 5.12. The van der Waals surface area contributed by atoms with Crippen LogP contribution in [0.5, 0.6) is 5.75 Å². The van der Waals surface area contributed by atoms with E-state index in [-0.39, 0.29) is 17.4 Å². The second-order valence-corrected chi connectivity index (χ2v) is 6.89. The van der Waals surface area contributed by atoms with Crippen LogP contribution in [0.4, 0.5) is 5.69 Å². The van der Waals surface area contributed by atoms with Crippen LogP contribution in [0.15, 0.2) is 48.5 Å². The van der Waals surface area contributed by atoms with E-state index in [2.05, 4.69) is 4.72 Å². The Morgan fingerprint density at radius 3 is 2.43 bits per heavy atom. The molecular formula is C14H13Cl2NO3S. The molecule has 0 spiro atoms. The Balaban J connectivity index is 1.93. The van der Waals surface area contributed by atoms with Crippen LogP contribution >= 0.6 is 23.2 Å². The van der Waals surface area contributed by atoms with Crippen molar-refractivity contribution in [2.24, 2.45) is 0 Å². The first-order valence-electron chi connectivity index (χ1n) is 6.10. The lowest BCUT2D eigenvalue weighted by Crippen LogP contribution is -2.21. The molecule has 0 fully saturated rings. The van der Waals surface area contributed by atoms with Crippen molar-refractivity contribution in [2.75, 3.05) is 17.1 Å². The van der Waals surface area contributed by atoms with Crippen LogP contribution in [0.3, 0.4) is 0 Å². The monoisotopic (exact) mass is 345 g/mol. The second kappa shape index (κ2) is 7.02. The summed E-state index contributed by atoms with van der Waals surface area (Å²) in [6.07, 6.45) is 0. The maximum atomic E-state index is 11.9. The molecule has 0 unspecified atom stereocenters. The molecule has 0 saturated carbocycles. The molecule has 4 nitrogen and oxygen atoms in total. The van der Waals surface area contributed by atoms with Crippen molar-refractivity contribution in [3.05, 3.63) is 58.6 Å². The summed E-state index contributed by atoms with van der Waals surface area (Å²) in [5.74, 6) is 0.443. The lowest BCUT2D eigenvalue weighted by molar-refractivity contribution is 0.341. The van der Waals surface area contributed by atoms with Gasteiger partial charge in [-0.05, 0) is 30.3 Å². The van der Waals surface area contributed by atoms with Gasteiger partial charge in [0.15, 0.2) is 0 Å². The molecule has 0 aliphatic rings. The number of nitrogens with one attached hydrogen (secondary N) is 1. The van der Waals surface area contributed by atoms with Gasteiger partial charge >= 0.3 is 0 Å². The zero-order valence-electron chi connectivity index (χ0n) is 10.9. The highest BCUT2D eigenvalue weighted by molar-refractivity contribution is 7.92. The summed E-state index contributed by atoms with van der Waals surface area (Å²) >= 11 is 11.7. The van der Waals surface area contributed by atoms with E-state index in [9.17, 15) is 8.42 Å². The Labute approximate surface area is 133 Å². The van der Waals surface area contributed by atoms with E-state index >= 15 is 0 Å². The molecule has 1 N–H and O–H groups in total. The third-order valence-electron chi connectivity index (χ3n) is 2.56. The SMILES string of the molecule is O=S(=O)(CCOc1ccccc1)Nc1ccc(Cl)cc1Cl. The maximum absolute atomic E-state index is 11.9. The summed E-state index contributed by atoms with van der Waals surface area (Å²) in [5.41, 5.74) is 0.292. The lowest BCUT2D eigenvalue weighted by Gasteiger charge is -2.10. The van der Waals surface area contributed by atoms with Crippen LogP contribution in [-0.4, -0.2) is 20.8 Å². The van der Waals surface area contributed by atoms with Crippen LogP contribution in [-0.2, 0) is 10.0 Å². The van der Waals surface area contributed by atoms with Gasteiger partial charge in [0.2, 0.25) is 10.0 Å². The highest BCUT2D eigenvalue weighted by atomic mass is 35.5. The molecule has 0 aliphatic carbocycles. The molecule has 0 atom stereocenters. The number of halogens is 2. The van der Waals surface area contributed by atoms with Crippen molar-refractivity contribution in [3.63, 3.8) is 0 Å². The average Bonchev–Trinajstić information content (AvgIpc) is 2.43. The predicted molar refractivity (Wildman–Crippen MR) is 85.8 cm³/mol. The summed E-state index contributed by atoms with van der Waals surface area (Å²) in [7, 11) is -3.54. The number of benzene rings is 2. The molecule has 0 heterocycles. The number of hydrogen-bond acceptors (Lipinski definition) is 3. The van der Waals surface area contributed by atoms with Crippen LogP contribution in [0.1, 0.15) is 0 Å². The molecule has 0 bridgehead atoms. The minimum atomic E-state index is -3.54. The Bertz CT molecular complexity index is 705. The number of anilines is 1. The Kier molecular flexibility index (Phi) is 5.33. The highest BCUT2D eigenvalue weighted by Crippen LogP contribution is 2.26. The molecule has 0 aromatic heterocycles. The van der Waals surface area contributed by atoms with E-state index < -0.39 is 10.0 Å². The van der Waals surface area contributed by atoms with Crippen molar-refractivity contribution in [1.82, 2.24) is 0 Å². The minimum absolute atomic E-state index is 0.0462. The average molecular weight is 346 g/mol. The standard InChI is InChI=1S/C14H13Cl2NO3S/c15-11-6-7-14(13(16)10-11)17-21(18,19)9-8-20-12-4-2-1-3-5-12/h1-7,10,17H,8-9H2. The van der Waals surface area contributed by atoms with Gasteiger partial charge in [0, 0.05) is 5.02 Å². The van der Waals surface area contributed by atoms with Crippen LogP contribution < -0.4 is 9.46 Å². The quantitative estimate of drug-likeness (QED) is 0.865. The Morgan fingerprint density at radius 2 is 1.76 bits per heavy atom. The third-order valence-corrected chi connectivity index (χ3v) is 4.34. The van der Waals surface area contributed by atoms with Gasteiger partial charge in [0.25, 0.3) is 0 Å². The second-order valence-electron chi connectivity index (χ2n) is 4.21. The Morgan fingerprint density at radius 1 is 1.05 bits per heavy atom. The molecule has 2 rings (SSSR count). The van der Waals surface area contributed by atoms with Gasteiger partial charge in [-0.25, -0.2) is 8.42 Å². The van der Waals surface area contributed by atoms with Gasteiger partial charge in [-0.3, -0.25) is 4.72 Å². The molecule has 0 radical (unpaired) electrons. The zero-order valence-corrected chi connectivity index (χ0v) is 13.3. The van der Waals surface area contributed by atoms with E-state index in [0.29, 0.717) is 16.5 Å². The van der Waals surface area contributed by atoms with Gasteiger partial charge in [-0.1, -0.05) is 41.4 Å². The predicted octanol–water partition coefficient (Wildman–Crippen LogP) is 3.81. The fraction of sp³-hybridized carbons (Fsp3) is 0.143. The van der Waals surface area contributed by atoms with E-state index in [4.69, 9.17) is 27.9 Å². The summed E-state index contributed by atoms with van der Waals surface area (Å²) in [5, 5.41) is 0.686. The normalized spacial score (nSPS) is 11.1. The van der Waals surface area contributed by atoms with Gasteiger partial charge in [0.1, 0.15) is 18.1 Å². The fourth-order valence-corrected chi connectivity index (χ4v) is 3.01. The van der Waals surface area contributed by atoms with Crippen molar-refractivity contribution >= 4 is 38.9 Å². The summed E-state index contributed by atoms with van der Waals surface area (Å²) in [6, 6.07) is 13.6. The molecule has 0 amide bonds. The van der Waals surface area contributed by atoms with E-state index in [1.165, 1.54) is 12.1 Å². The zero-order chi connectivity index (χ0) is 15.3. The largest absolute Gasteiger partial charge is 0.492 e. The van der Waals surface area contributed by atoms with Crippen molar-refractivity contribution in [3.8, 4) is 5.75 Å². The summed E-state index contributed by atoms with van der Waals surface area (Å²) < 4.78 is 31.6. The van der Waals surface area contributed by atoms with Crippen molar-refractivity contribution < 1.29 is 13.2 Å². The summed E-state index contributed by atoms with van der Waals surface area (Å²) in [4.78, 5) is 0. The number of sulfonamides is 1. The maximum Gasteiger partial charge on any atom is 0.236 e. The summed E-state index contributed by atoms with van der Waals surface area (Å²) in [6.45, 7) is 0.0462. The van der Waals surface area contributed by atoms with Crippen molar-refractivity contribution in [2.45, 2.75) is 0 Å². The molecule has 112 valence electrons.